The van der Waals surface area contributed by atoms with E-state index < -0.39 is 16.1 Å². The van der Waals surface area contributed by atoms with Gasteiger partial charge in [-0.2, -0.15) is 0 Å². The van der Waals surface area contributed by atoms with Gasteiger partial charge in [0.2, 0.25) is 21.8 Å². The summed E-state index contributed by atoms with van der Waals surface area (Å²) in [4.78, 5) is 27.4. The molecule has 186 valence electrons. The second-order valence-electron chi connectivity index (χ2n) is 8.19. The van der Waals surface area contributed by atoms with E-state index in [0.717, 1.165) is 17.4 Å². The van der Waals surface area contributed by atoms with Crippen LogP contribution in [0.25, 0.3) is 0 Å². The number of sulfonamides is 1. The Morgan fingerprint density at radius 3 is 2.41 bits per heavy atom. The fourth-order valence-corrected chi connectivity index (χ4v) is 4.80. The number of carbonyl (C=O) groups is 2. The molecule has 0 heterocycles. The van der Waals surface area contributed by atoms with E-state index in [9.17, 15) is 18.0 Å². The molecule has 0 aliphatic heterocycles. The van der Waals surface area contributed by atoms with E-state index in [1.165, 1.54) is 4.31 Å². The lowest BCUT2D eigenvalue weighted by atomic mass is 10.1. The summed E-state index contributed by atoms with van der Waals surface area (Å²) in [5.74, 6) is 0.215. The van der Waals surface area contributed by atoms with Gasteiger partial charge in [-0.25, -0.2) is 8.42 Å². The van der Waals surface area contributed by atoms with Crippen molar-refractivity contribution < 1.29 is 22.7 Å². The predicted octanol–water partition coefficient (Wildman–Crippen LogP) is 3.10. The summed E-state index contributed by atoms with van der Waals surface area (Å²) in [6, 6.07) is 14.0. The minimum Gasteiger partial charge on any atom is -0.497 e. The van der Waals surface area contributed by atoms with Crippen LogP contribution in [0.1, 0.15) is 37.3 Å². The van der Waals surface area contributed by atoms with Gasteiger partial charge in [-0.3, -0.25) is 13.9 Å². The number of likely N-dealkylation sites (N-methyl/N-ethyl adjacent to an activating group) is 1. The number of methoxy groups -OCH3 is 1. The van der Waals surface area contributed by atoms with Crippen molar-refractivity contribution in [3.63, 3.8) is 0 Å². The molecule has 0 saturated carbocycles. The fourth-order valence-electron chi connectivity index (χ4n) is 3.84. The molecule has 0 radical (unpaired) electrons. The standard InChI is InChI=1S/C25H35N3O5S/c1-6-23(25(30)26-3)27(18-20-11-8-13-22(17-20)33-4)24(29)14-9-15-28(34(5,31)32)21-12-7-10-19(2)16-21/h7-8,10-13,16-17,23H,6,9,14-15,18H2,1-5H3,(H,26,30)/t23-/m1/s1. The van der Waals surface area contributed by atoms with Crippen molar-refractivity contribution in [2.75, 3.05) is 31.3 Å². The lowest BCUT2D eigenvalue weighted by Crippen LogP contribution is -2.48. The second-order valence-corrected chi connectivity index (χ2v) is 10.1. The zero-order valence-electron chi connectivity index (χ0n) is 20.6. The first-order chi connectivity index (χ1) is 16.1. The van der Waals surface area contributed by atoms with E-state index in [-0.39, 0.29) is 31.3 Å². The Hall–Kier alpha value is -3.07. The summed E-state index contributed by atoms with van der Waals surface area (Å²) in [6.45, 7) is 4.16. The Kier molecular flexibility index (Phi) is 9.92. The Morgan fingerprint density at radius 1 is 1.12 bits per heavy atom. The average molecular weight is 490 g/mol. The molecule has 1 atom stereocenters. The number of ether oxygens (including phenoxy) is 1. The van der Waals surface area contributed by atoms with Gasteiger partial charge in [0, 0.05) is 26.6 Å². The van der Waals surface area contributed by atoms with Crippen molar-refractivity contribution in [1.29, 1.82) is 0 Å². The summed E-state index contributed by atoms with van der Waals surface area (Å²) in [5.41, 5.74) is 2.36. The molecule has 0 aromatic heterocycles. The second kappa shape index (κ2) is 12.4. The van der Waals surface area contributed by atoms with Crippen LogP contribution in [0, 0.1) is 6.92 Å². The SMILES string of the molecule is CC[C@H](C(=O)NC)N(Cc1cccc(OC)c1)C(=O)CCCN(c1cccc(C)c1)S(C)(=O)=O. The van der Waals surface area contributed by atoms with Gasteiger partial charge >= 0.3 is 0 Å². The highest BCUT2D eigenvalue weighted by atomic mass is 32.2. The number of hydrogen-bond donors (Lipinski definition) is 1. The van der Waals surface area contributed by atoms with Crippen LogP contribution < -0.4 is 14.4 Å². The summed E-state index contributed by atoms with van der Waals surface area (Å²) in [5, 5.41) is 2.64. The smallest absolute Gasteiger partial charge is 0.242 e. The molecule has 34 heavy (non-hydrogen) atoms. The van der Waals surface area contributed by atoms with Crippen LogP contribution in [0.4, 0.5) is 5.69 Å². The van der Waals surface area contributed by atoms with Gasteiger partial charge in [-0.1, -0.05) is 31.2 Å². The van der Waals surface area contributed by atoms with E-state index in [1.807, 2.05) is 44.2 Å². The molecule has 0 aliphatic carbocycles. The number of amides is 2. The molecule has 1 N–H and O–H groups in total. The molecule has 2 aromatic rings. The predicted molar refractivity (Wildman–Crippen MR) is 134 cm³/mol. The molecule has 2 rings (SSSR count). The Bertz CT molecular complexity index is 1090. The molecule has 8 nitrogen and oxygen atoms in total. The van der Waals surface area contributed by atoms with Crippen molar-refractivity contribution in [3.05, 3.63) is 59.7 Å². The highest BCUT2D eigenvalue weighted by Crippen LogP contribution is 2.21. The van der Waals surface area contributed by atoms with Crippen molar-refractivity contribution in [2.45, 2.75) is 45.7 Å². The zero-order chi connectivity index (χ0) is 25.3. The Balaban J connectivity index is 2.20. The zero-order valence-corrected chi connectivity index (χ0v) is 21.4. The van der Waals surface area contributed by atoms with E-state index in [2.05, 4.69) is 5.32 Å². The lowest BCUT2D eigenvalue weighted by molar-refractivity contribution is -0.141. The van der Waals surface area contributed by atoms with Crippen molar-refractivity contribution in [2.24, 2.45) is 0 Å². The first-order valence-corrected chi connectivity index (χ1v) is 13.1. The average Bonchev–Trinajstić information content (AvgIpc) is 2.80. The van der Waals surface area contributed by atoms with Crippen LogP contribution in [0.15, 0.2) is 48.5 Å². The van der Waals surface area contributed by atoms with Gasteiger partial charge < -0.3 is 15.0 Å². The molecule has 0 bridgehead atoms. The van der Waals surface area contributed by atoms with Gasteiger partial charge in [-0.05, 0) is 55.2 Å². The molecule has 0 saturated heterocycles. The summed E-state index contributed by atoms with van der Waals surface area (Å²) in [6.07, 6.45) is 2.03. The van der Waals surface area contributed by atoms with Crippen LogP contribution in [0.5, 0.6) is 5.75 Å². The fraction of sp³-hybridized carbons (Fsp3) is 0.440. The number of carbonyl (C=O) groups excluding carboxylic acids is 2. The van der Waals surface area contributed by atoms with Crippen molar-refractivity contribution >= 4 is 27.5 Å². The molecule has 2 amide bonds. The highest BCUT2D eigenvalue weighted by Gasteiger charge is 2.28. The molecule has 2 aromatic carbocycles. The largest absolute Gasteiger partial charge is 0.497 e. The quantitative estimate of drug-likeness (QED) is 0.494. The maximum absolute atomic E-state index is 13.3. The molecule has 0 aliphatic rings. The van der Waals surface area contributed by atoms with Crippen LogP contribution in [-0.4, -0.2) is 58.1 Å². The number of nitrogens with zero attached hydrogens (tertiary/aromatic N) is 2. The monoisotopic (exact) mass is 489 g/mol. The normalized spacial score (nSPS) is 12.0. The number of rotatable bonds is 12. The maximum atomic E-state index is 13.3. The highest BCUT2D eigenvalue weighted by molar-refractivity contribution is 7.92. The summed E-state index contributed by atoms with van der Waals surface area (Å²) in [7, 11) is -0.398. The number of hydrogen-bond acceptors (Lipinski definition) is 5. The third-order valence-corrected chi connectivity index (χ3v) is 6.76. The number of nitrogens with one attached hydrogen (secondary N) is 1. The Labute approximate surface area is 202 Å². The van der Waals surface area contributed by atoms with Crippen LogP contribution in [0.2, 0.25) is 0 Å². The minimum atomic E-state index is -3.52. The minimum absolute atomic E-state index is 0.106. The van der Waals surface area contributed by atoms with E-state index in [0.29, 0.717) is 24.3 Å². The van der Waals surface area contributed by atoms with Gasteiger partial charge in [0.1, 0.15) is 11.8 Å². The van der Waals surface area contributed by atoms with Gasteiger partial charge in [0.25, 0.3) is 0 Å². The molecular weight excluding hydrogens is 454 g/mol. The molecular formula is C25H35N3O5S. The van der Waals surface area contributed by atoms with Crippen molar-refractivity contribution in [3.8, 4) is 5.75 Å². The van der Waals surface area contributed by atoms with Gasteiger partial charge in [0.05, 0.1) is 19.1 Å². The van der Waals surface area contributed by atoms with Gasteiger partial charge in [-0.15, -0.1) is 0 Å². The Morgan fingerprint density at radius 2 is 1.82 bits per heavy atom. The van der Waals surface area contributed by atoms with E-state index in [4.69, 9.17) is 4.74 Å². The molecule has 0 unspecified atom stereocenters. The van der Waals surface area contributed by atoms with E-state index in [1.54, 1.807) is 37.3 Å². The molecule has 9 heteroatoms. The first kappa shape index (κ1) is 27.2. The topological polar surface area (TPSA) is 96.0 Å². The summed E-state index contributed by atoms with van der Waals surface area (Å²) < 4.78 is 31.4. The van der Waals surface area contributed by atoms with Crippen LogP contribution in [-0.2, 0) is 26.2 Å². The van der Waals surface area contributed by atoms with Crippen LogP contribution in [0.3, 0.4) is 0 Å². The summed E-state index contributed by atoms with van der Waals surface area (Å²) >= 11 is 0. The van der Waals surface area contributed by atoms with E-state index >= 15 is 0 Å². The number of benzene rings is 2. The van der Waals surface area contributed by atoms with Gasteiger partial charge in [0.15, 0.2) is 0 Å². The molecule has 0 fully saturated rings. The maximum Gasteiger partial charge on any atom is 0.242 e. The third kappa shape index (κ3) is 7.48. The first-order valence-electron chi connectivity index (χ1n) is 11.3. The van der Waals surface area contributed by atoms with Crippen molar-refractivity contribution in [1.82, 2.24) is 10.2 Å². The number of anilines is 1. The third-order valence-electron chi connectivity index (χ3n) is 5.56. The molecule has 0 spiro atoms. The number of aryl methyl sites for hydroxylation is 1. The lowest BCUT2D eigenvalue weighted by Gasteiger charge is -2.31. The van der Waals surface area contributed by atoms with Crippen LogP contribution >= 0.6 is 0 Å².